The van der Waals surface area contributed by atoms with E-state index in [0.717, 1.165) is 0 Å². The van der Waals surface area contributed by atoms with E-state index in [4.69, 9.17) is 0 Å². The summed E-state index contributed by atoms with van der Waals surface area (Å²) in [5, 5.41) is 0. The predicted molar refractivity (Wildman–Crippen MR) is 34.5 cm³/mol. The predicted octanol–water partition coefficient (Wildman–Crippen LogP) is 1.87. The van der Waals surface area contributed by atoms with Gasteiger partial charge in [0.1, 0.15) is 0 Å². The van der Waals surface area contributed by atoms with Crippen LogP contribution in [0.5, 0.6) is 0 Å². The highest BCUT2D eigenvalue weighted by molar-refractivity contribution is 5.40. The molecule has 47 valence electrons. The zero-order valence-corrected chi connectivity index (χ0v) is 5.51. The molecule has 0 heterocycles. The first-order chi connectivity index (χ1) is 4.47. The van der Waals surface area contributed by atoms with Crippen molar-refractivity contribution in [1.29, 1.82) is 0 Å². The van der Waals surface area contributed by atoms with Crippen LogP contribution in [0.2, 0.25) is 0 Å². The summed E-state index contributed by atoms with van der Waals surface area (Å²) in [6.45, 7) is 0. The van der Waals surface area contributed by atoms with E-state index in [2.05, 4.69) is 0 Å². The van der Waals surface area contributed by atoms with Crippen molar-refractivity contribution in [3.63, 3.8) is 0 Å². The van der Waals surface area contributed by atoms with Gasteiger partial charge in [0.05, 0.1) is 0 Å². The minimum Gasteiger partial charge on any atom is -0.0496 e. The van der Waals surface area contributed by atoms with Gasteiger partial charge in [0, 0.05) is 0 Å². The lowest BCUT2D eigenvalue weighted by Crippen LogP contribution is -1.98. The van der Waals surface area contributed by atoms with Crippen molar-refractivity contribution in [1.82, 2.24) is 0 Å². The molecule has 6 bridgehead atoms. The highest BCUT2D eigenvalue weighted by atomic mass is 14.8. The first kappa shape index (κ1) is 4.00. The fraction of sp³-hybridized carbons (Fsp3) is 0.889. The summed E-state index contributed by atoms with van der Waals surface area (Å²) in [6.07, 6.45) is 4.80. The van der Waals surface area contributed by atoms with Crippen LogP contribution in [0.1, 0.15) is 19.3 Å². The molecule has 0 aromatic heterocycles. The second kappa shape index (κ2) is 0.889. The van der Waals surface area contributed by atoms with E-state index in [1.54, 1.807) is 19.3 Å². The van der Waals surface area contributed by atoms with Crippen molar-refractivity contribution in [3.8, 4) is 0 Å². The summed E-state index contributed by atoms with van der Waals surface area (Å²) >= 11 is 0. The lowest BCUT2D eigenvalue weighted by molar-refractivity contribution is 0.445. The smallest absolute Gasteiger partial charge is 0.0136 e. The van der Waals surface area contributed by atoms with E-state index in [1.165, 1.54) is 29.6 Å². The molecule has 5 saturated carbocycles. The Morgan fingerprint density at radius 3 is 2.44 bits per heavy atom. The molecule has 5 rings (SSSR count). The molecule has 0 saturated heterocycles. The zero-order valence-electron chi connectivity index (χ0n) is 5.51. The maximum atomic E-state index is 2.04. The Kier molecular flexibility index (Phi) is 0.395. The van der Waals surface area contributed by atoms with E-state index in [-0.39, 0.29) is 0 Å². The molecule has 0 spiro atoms. The average molecular weight is 119 g/mol. The molecule has 0 aromatic carbocycles. The second-order valence-electron chi connectivity index (χ2n) is 4.38. The van der Waals surface area contributed by atoms with Crippen LogP contribution in [0.4, 0.5) is 0 Å². The molecule has 0 amide bonds. The van der Waals surface area contributed by atoms with E-state index < -0.39 is 0 Å². The van der Waals surface area contributed by atoms with E-state index in [9.17, 15) is 0 Å². The average Bonchev–Trinajstić information content (AvgIpc) is 2.35. The second-order valence-corrected chi connectivity index (χ2v) is 4.38. The number of rotatable bonds is 0. The summed E-state index contributed by atoms with van der Waals surface area (Å²) in [6, 6.07) is 0. The van der Waals surface area contributed by atoms with Crippen LogP contribution in [0.3, 0.4) is 0 Å². The summed E-state index contributed by atoms with van der Waals surface area (Å²) in [7, 11) is 0. The summed E-state index contributed by atoms with van der Waals surface area (Å²) in [5.74, 6) is 8.03. The van der Waals surface area contributed by atoms with Gasteiger partial charge in [0.2, 0.25) is 0 Å². The normalized spacial score (nSPS) is 74.0. The monoisotopic (exact) mass is 119 g/mol. The van der Waals surface area contributed by atoms with Crippen LogP contribution in [-0.2, 0) is 0 Å². The quantitative estimate of drug-likeness (QED) is 0.456. The van der Waals surface area contributed by atoms with E-state index >= 15 is 0 Å². The summed E-state index contributed by atoms with van der Waals surface area (Å²) in [5.41, 5.74) is 0. The Hall–Kier alpha value is 0. The number of hydrogen-bond acceptors (Lipinski definition) is 0. The minimum absolute atomic E-state index is 1.17. The third kappa shape index (κ3) is 0.235. The van der Waals surface area contributed by atoms with Gasteiger partial charge in [-0.2, -0.15) is 0 Å². The zero-order chi connectivity index (χ0) is 5.59. The van der Waals surface area contributed by atoms with Crippen molar-refractivity contribution in [2.75, 3.05) is 0 Å². The molecule has 5 fully saturated rings. The Morgan fingerprint density at radius 1 is 1.00 bits per heavy atom. The largest absolute Gasteiger partial charge is 0.0496 e. The summed E-state index contributed by atoms with van der Waals surface area (Å²) in [4.78, 5) is 0. The first-order valence-electron chi connectivity index (χ1n) is 4.33. The molecule has 1 radical (unpaired) electrons. The maximum absolute atomic E-state index is 2.04. The molecule has 5 atom stereocenters. The lowest BCUT2D eigenvalue weighted by atomic mass is 10.0. The highest BCUT2D eigenvalue weighted by Gasteiger charge is 2.75. The molecular formula is C9H11. The van der Waals surface area contributed by atoms with Crippen molar-refractivity contribution >= 4 is 0 Å². The highest BCUT2D eigenvalue weighted by Crippen LogP contribution is 2.82. The molecule has 0 heteroatoms. The van der Waals surface area contributed by atoms with E-state index in [0.29, 0.717) is 0 Å². The van der Waals surface area contributed by atoms with Crippen molar-refractivity contribution in [2.45, 2.75) is 19.3 Å². The van der Waals surface area contributed by atoms with Gasteiger partial charge in [-0.15, -0.1) is 0 Å². The van der Waals surface area contributed by atoms with E-state index in [1.807, 2.05) is 5.92 Å². The van der Waals surface area contributed by atoms with Gasteiger partial charge in [-0.05, 0) is 54.8 Å². The van der Waals surface area contributed by atoms with Gasteiger partial charge >= 0.3 is 0 Å². The number of hydrogen-bond donors (Lipinski definition) is 0. The molecule has 0 aliphatic heterocycles. The lowest BCUT2D eigenvalue weighted by Gasteiger charge is -2.04. The first-order valence-corrected chi connectivity index (χ1v) is 4.33. The maximum Gasteiger partial charge on any atom is -0.0136 e. The third-order valence-electron chi connectivity index (χ3n) is 4.43. The molecule has 0 N–H and O–H groups in total. The van der Waals surface area contributed by atoms with Crippen LogP contribution in [0.25, 0.3) is 0 Å². The van der Waals surface area contributed by atoms with Crippen LogP contribution < -0.4 is 0 Å². The Balaban J connectivity index is 2.01. The van der Waals surface area contributed by atoms with Crippen molar-refractivity contribution < 1.29 is 0 Å². The van der Waals surface area contributed by atoms with Gasteiger partial charge < -0.3 is 0 Å². The van der Waals surface area contributed by atoms with Crippen LogP contribution in [0.15, 0.2) is 0 Å². The third-order valence-corrected chi connectivity index (χ3v) is 4.43. The topological polar surface area (TPSA) is 0 Å². The fourth-order valence-corrected chi connectivity index (χ4v) is 4.30. The SMILES string of the molecule is C1CC2C3CC4[C](C13)C42. The standard InChI is InChI=1S/C9H11/c1-2-5-6-3-7-8(4(1)6)9(5)7/h4-8H,1-3H2. The van der Waals surface area contributed by atoms with Gasteiger partial charge in [-0.25, -0.2) is 0 Å². The Labute approximate surface area is 55.6 Å². The van der Waals surface area contributed by atoms with Gasteiger partial charge in [-0.3, -0.25) is 0 Å². The van der Waals surface area contributed by atoms with Crippen LogP contribution >= 0.6 is 0 Å². The molecule has 5 aliphatic carbocycles. The van der Waals surface area contributed by atoms with Gasteiger partial charge in [0.15, 0.2) is 0 Å². The summed E-state index contributed by atoms with van der Waals surface area (Å²) < 4.78 is 0. The molecular weight excluding hydrogens is 108 g/mol. The van der Waals surface area contributed by atoms with Crippen LogP contribution in [-0.4, -0.2) is 0 Å². The molecule has 9 heavy (non-hydrogen) atoms. The molecule has 0 nitrogen and oxygen atoms in total. The molecule has 5 unspecified atom stereocenters. The Morgan fingerprint density at radius 2 is 2.00 bits per heavy atom. The van der Waals surface area contributed by atoms with Gasteiger partial charge in [-0.1, -0.05) is 0 Å². The van der Waals surface area contributed by atoms with Crippen molar-refractivity contribution in [3.05, 3.63) is 5.92 Å². The van der Waals surface area contributed by atoms with Crippen molar-refractivity contribution in [2.24, 2.45) is 29.6 Å². The Bertz CT molecular complexity index is 166. The molecule has 0 aromatic rings. The van der Waals surface area contributed by atoms with Crippen LogP contribution in [0, 0.1) is 35.5 Å². The van der Waals surface area contributed by atoms with Gasteiger partial charge in [0.25, 0.3) is 0 Å². The minimum atomic E-state index is 1.17. The fourth-order valence-electron chi connectivity index (χ4n) is 4.30. The molecule has 5 aliphatic rings.